The first kappa shape index (κ1) is 14.2. The van der Waals surface area contributed by atoms with Crippen LogP contribution in [0.2, 0.25) is 0 Å². The Morgan fingerprint density at radius 3 is 2.23 bits per heavy atom. The minimum Gasteiger partial charge on any atom is -0.302 e. The maximum absolute atomic E-state index is 9.65. The fourth-order valence-corrected chi connectivity index (χ4v) is 2.77. The van der Waals surface area contributed by atoms with Crippen LogP contribution in [-0.2, 0) is 6.42 Å². The van der Waals surface area contributed by atoms with E-state index in [9.17, 15) is 5.26 Å². The maximum atomic E-state index is 9.65. The van der Waals surface area contributed by atoms with Crippen LogP contribution in [0.15, 0.2) is 42.5 Å². The molecule has 2 aromatic heterocycles. The third-order valence-corrected chi connectivity index (χ3v) is 3.86. The molecule has 0 atom stereocenters. The smallest absolute Gasteiger partial charge is 0.159 e. The van der Waals surface area contributed by atoms with Crippen molar-refractivity contribution in [1.82, 2.24) is 14.3 Å². The van der Waals surface area contributed by atoms with Gasteiger partial charge in [-0.1, -0.05) is 25.1 Å². The Kier molecular flexibility index (Phi) is 3.56. The van der Waals surface area contributed by atoms with Crippen molar-refractivity contribution >= 4 is 0 Å². The molecule has 0 aliphatic rings. The lowest BCUT2D eigenvalue weighted by Gasteiger charge is -2.13. The van der Waals surface area contributed by atoms with E-state index in [-0.39, 0.29) is 0 Å². The first-order chi connectivity index (χ1) is 10.7. The Bertz CT molecular complexity index is 828. The van der Waals surface area contributed by atoms with Gasteiger partial charge >= 0.3 is 0 Å². The second-order valence-electron chi connectivity index (χ2n) is 5.31. The van der Waals surface area contributed by atoms with E-state index in [1.807, 2.05) is 55.8 Å². The third-order valence-electron chi connectivity index (χ3n) is 3.86. The van der Waals surface area contributed by atoms with E-state index >= 15 is 0 Å². The van der Waals surface area contributed by atoms with Gasteiger partial charge in [-0.3, -0.25) is 0 Å². The Balaban J connectivity index is 2.37. The van der Waals surface area contributed by atoms with Crippen LogP contribution in [0.3, 0.4) is 0 Å². The predicted molar refractivity (Wildman–Crippen MR) is 86.5 cm³/mol. The van der Waals surface area contributed by atoms with Crippen LogP contribution in [0, 0.1) is 25.2 Å². The van der Waals surface area contributed by atoms with Gasteiger partial charge in [0.2, 0.25) is 0 Å². The van der Waals surface area contributed by atoms with Crippen molar-refractivity contribution in [1.29, 1.82) is 5.26 Å². The molecule has 3 rings (SSSR count). The fraction of sp³-hybridized carbons (Fsp3) is 0.222. The summed E-state index contributed by atoms with van der Waals surface area (Å²) in [6.07, 6.45) is 0.731. The van der Waals surface area contributed by atoms with E-state index in [1.165, 1.54) is 0 Å². The SMILES string of the molecule is CCc1nn(-c2ccccc2)c(-n2c(C)ccc2C)c1C#N. The largest absolute Gasteiger partial charge is 0.302 e. The fourth-order valence-electron chi connectivity index (χ4n) is 2.77. The zero-order chi connectivity index (χ0) is 15.7. The molecule has 0 unspecified atom stereocenters. The first-order valence-electron chi connectivity index (χ1n) is 7.40. The Labute approximate surface area is 130 Å². The lowest BCUT2D eigenvalue weighted by atomic mass is 10.2. The molecule has 0 saturated heterocycles. The van der Waals surface area contributed by atoms with Crippen LogP contribution in [0.1, 0.15) is 29.6 Å². The Morgan fingerprint density at radius 1 is 1.05 bits per heavy atom. The lowest BCUT2D eigenvalue weighted by Crippen LogP contribution is -2.09. The van der Waals surface area contributed by atoms with E-state index in [0.717, 1.165) is 35.0 Å². The molecule has 0 spiro atoms. The van der Waals surface area contributed by atoms with Crippen molar-refractivity contribution in [2.45, 2.75) is 27.2 Å². The molecule has 4 heteroatoms. The van der Waals surface area contributed by atoms with Crippen LogP contribution in [0.5, 0.6) is 0 Å². The van der Waals surface area contributed by atoms with Crippen molar-refractivity contribution < 1.29 is 0 Å². The van der Waals surface area contributed by atoms with E-state index in [2.05, 4.69) is 27.9 Å². The second kappa shape index (κ2) is 5.53. The molecule has 0 amide bonds. The number of aryl methyl sites for hydroxylation is 3. The zero-order valence-corrected chi connectivity index (χ0v) is 13.0. The van der Waals surface area contributed by atoms with Crippen molar-refractivity contribution in [3.05, 3.63) is 65.1 Å². The van der Waals surface area contributed by atoms with Crippen LogP contribution in [-0.4, -0.2) is 14.3 Å². The maximum Gasteiger partial charge on any atom is 0.159 e. The molecule has 0 aliphatic carbocycles. The molecule has 4 nitrogen and oxygen atoms in total. The number of nitrogens with zero attached hydrogens (tertiary/aromatic N) is 4. The number of benzene rings is 1. The van der Waals surface area contributed by atoms with Gasteiger partial charge in [-0.2, -0.15) is 10.4 Å². The van der Waals surface area contributed by atoms with Gasteiger partial charge in [0, 0.05) is 11.4 Å². The summed E-state index contributed by atoms with van der Waals surface area (Å²) in [4.78, 5) is 0. The molecular weight excluding hydrogens is 272 g/mol. The molecule has 0 bridgehead atoms. The number of hydrogen-bond donors (Lipinski definition) is 0. The minimum atomic E-state index is 0.647. The van der Waals surface area contributed by atoms with E-state index < -0.39 is 0 Å². The first-order valence-corrected chi connectivity index (χ1v) is 7.40. The summed E-state index contributed by atoms with van der Waals surface area (Å²) < 4.78 is 3.97. The Morgan fingerprint density at radius 2 is 1.68 bits per heavy atom. The van der Waals surface area contributed by atoms with Gasteiger partial charge in [0.25, 0.3) is 0 Å². The average molecular weight is 290 g/mol. The van der Waals surface area contributed by atoms with Gasteiger partial charge in [0.15, 0.2) is 5.82 Å². The molecule has 0 radical (unpaired) electrons. The summed E-state index contributed by atoms with van der Waals surface area (Å²) in [6.45, 7) is 6.11. The van der Waals surface area contributed by atoms with Crippen LogP contribution in [0.4, 0.5) is 0 Å². The highest BCUT2D eigenvalue weighted by Gasteiger charge is 2.21. The van der Waals surface area contributed by atoms with Gasteiger partial charge in [-0.15, -0.1) is 0 Å². The lowest BCUT2D eigenvalue weighted by molar-refractivity contribution is 0.786. The zero-order valence-electron chi connectivity index (χ0n) is 13.0. The van der Waals surface area contributed by atoms with Crippen LogP contribution in [0.25, 0.3) is 11.5 Å². The monoisotopic (exact) mass is 290 g/mol. The summed E-state index contributed by atoms with van der Waals surface area (Å²) in [5, 5.41) is 14.3. The molecule has 2 heterocycles. The summed E-state index contributed by atoms with van der Waals surface area (Å²) in [6, 6.07) is 16.4. The second-order valence-corrected chi connectivity index (χ2v) is 5.31. The molecule has 3 aromatic rings. The topological polar surface area (TPSA) is 46.5 Å². The van der Waals surface area contributed by atoms with Gasteiger partial charge in [-0.05, 0) is 44.5 Å². The van der Waals surface area contributed by atoms with Gasteiger partial charge in [0.05, 0.1) is 11.4 Å². The minimum absolute atomic E-state index is 0.647. The highest BCUT2D eigenvalue weighted by atomic mass is 15.4. The predicted octanol–water partition coefficient (Wildman–Crippen LogP) is 3.71. The van der Waals surface area contributed by atoms with Crippen molar-refractivity contribution in [3.63, 3.8) is 0 Å². The number of nitriles is 1. The van der Waals surface area contributed by atoms with E-state index in [0.29, 0.717) is 5.56 Å². The van der Waals surface area contributed by atoms with Gasteiger partial charge < -0.3 is 4.57 Å². The molecule has 0 aliphatic heterocycles. The number of hydrogen-bond acceptors (Lipinski definition) is 2. The number of para-hydroxylation sites is 1. The molecule has 1 aromatic carbocycles. The van der Waals surface area contributed by atoms with Gasteiger partial charge in [0.1, 0.15) is 11.6 Å². The Hall–Kier alpha value is -2.80. The van der Waals surface area contributed by atoms with E-state index in [4.69, 9.17) is 0 Å². The normalized spacial score (nSPS) is 10.6. The molecule has 22 heavy (non-hydrogen) atoms. The molecule has 0 saturated carbocycles. The summed E-state index contributed by atoms with van der Waals surface area (Å²) >= 11 is 0. The standard InChI is InChI=1S/C18H18N4/c1-4-17-16(12-19)18(21-13(2)10-11-14(21)3)22(20-17)15-8-6-5-7-9-15/h5-11H,4H2,1-3H3. The van der Waals surface area contributed by atoms with Gasteiger partial charge in [-0.25, -0.2) is 4.68 Å². The van der Waals surface area contributed by atoms with E-state index in [1.54, 1.807) is 0 Å². The molecule has 110 valence electrons. The highest BCUT2D eigenvalue weighted by molar-refractivity contribution is 5.54. The number of rotatable bonds is 3. The van der Waals surface area contributed by atoms with Crippen LogP contribution < -0.4 is 0 Å². The highest BCUT2D eigenvalue weighted by Crippen LogP contribution is 2.26. The molecule has 0 fully saturated rings. The summed E-state index contributed by atoms with van der Waals surface area (Å²) in [7, 11) is 0. The third kappa shape index (κ3) is 2.11. The van der Waals surface area contributed by atoms with Crippen LogP contribution >= 0.6 is 0 Å². The summed E-state index contributed by atoms with van der Waals surface area (Å²) in [5.41, 5.74) is 4.62. The number of aromatic nitrogens is 3. The van der Waals surface area contributed by atoms with Crippen molar-refractivity contribution in [3.8, 4) is 17.6 Å². The quantitative estimate of drug-likeness (QED) is 0.738. The van der Waals surface area contributed by atoms with Crippen molar-refractivity contribution in [2.75, 3.05) is 0 Å². The van der Waals surface area contributed by atoms with Crippen molar-refractivity contribution in [2.24, 2.45) is 0 Å². The molecule has 0 N–H and O–H groups in total. The molecular formula is C18H18N4. The summed E-state index contributed by atoms with van der Waals surface area (Å²) in [5.74, 6) is 0.825. The average Bonchev–Trinajstić information content (AvgIpc) is 3.07.